The molecule has 15 nitrogen and oxygen atoms in total. The zero-order chi connectivity index (χ0) is 38.2. The molecule has 0 aliphatic carbocycles. The first kappa shape index (κ1) is 38.8. The second kappa shape index (κ2) is 17.5. The number of pyridine rings is 2. The molecule has 54 heavy (non-hydrogen) atoms. The number of nitrogen functional groups attached to an aromatic ring is 2. The van der Waals surface area contributed by atoms with E-state index in [2.05, 4.69) is 25.3 Å². The molecule has 0 spiro atoms. The summed E-state index contributed by atoms with van der Waals surface area (Å²) in [6.45, 7) is 4.63. The highest BCUT2D eigenvalue weighted by molar-refractivity contribution is 6.35. The molecule has 2 fully saturated rings. The fourth-order valence-corrected chi connectivity index (χ4v) is 6.34. The molecule has 4 aromatic heterocycles. The number of nitrogens with two attached hydrogens (primary N) is 2. The van der Waals surface area contributed by atoms with Gasteiger partial charge in [-0.1, -0.05) is 29.8 Å². The van der Waals surface area contributed by atoms with Gasteiger partial charge >= 0.3 is 0 Å². The minimum absolute atomic E-state index is 0.00170. The van der Waals surface area contributed by atoms with E-state index in [-0.39, 0.29) is 32.2 Å². The van der Waals surface area contributed by atoms with Gasteiger partial charge in [0.15, 0.2) is 12.0 Å². The van der Waals surface area contributed by atoms with Gasteiger partial charge in [-0.15, -0.1) is 0 Å². The molecular weight excluding hydrogens is 716 g/mol. The maximum Gasteiger partial charge on any atom is 0.163 e. The number of halogens is 1. The Bertz CT molecular complexity index is 2140. The minimum atomic E-state index is -0.936. The largest absolute Gasteiger partial charge is 0.490 e. The van der Waals surface area contributed by atoms with Crippen LogP contribution in [0.5, 0.6) is 5.75 Å². The van der Waals surface area contributed by atoms with E-state index in [0.29, 0.717) is 34.5 Å². The summed E-state index contributed by atoms with van der Waals surface area (Å²) in [7, 11) is 0. The molecule has 3 atom stereocenters. The van der Waals surface area contributed by atoms with Gasteiger partial charge in [0.1, 0.15) is 36.2 Å². The van der Waals surface area contributed by atoms with Crippen LogP contribution < -0.4 is 16.2 Å². The van der Waals surface area contributed by atoms with Crippen LogP contribution in [0, 0.1) is 0 Å². The average Bonchev–Trinajstić information content (AvgIpc) is 3.96. The first-order valence-electron chi connectivity index (χ1n) is 17.6. The monoisotopic (exact) mass is 760 g/mol. The lowest BCUT2D eigenvalue weighted by molar-refractivity contribution is -0.142. The molecule has 2 aromatic carbocycles. The van der Waals surface area contributed by atoms with E-state index in [4.69, 9.17) is 52.2 Å². The lowest BCUT2D eigenvalue weighted by Gasteiger charge is -2.24. The number of nitrogens with zero attached hydrogens (tertiary/aromatic N) is 5. The summed E-state index contributed by atoms with van der Waals surface area (Å²) in [5, 5.41) is 40.4. The second-order valence-corrected chi connectivity index (χ2v) is 13.7. The fraction of sp³-hybridized carbons (Fsp3) is 0.368. The van der Waals surface area contributed by atoms with Crippen molar-refractivity contribution in [1.82, 2.24) is 29.9 Å². The van der Waals surface area contributed by atoms with Crippen molar-refractivity contribution in [2.45, 2.75) is 57.3 Å². The Morgan fingerprint density at radius 3 is 2.37 bits per heavy atom. The highest BCUT2D eigenvalue weighted by Gasteiger charge is 2.31. The maximum absolute atomic E-state index is 9.40. The van der Waals surface area contributed by atoms with Crippen LogP contribution in [0.4, 0.5) is 11.6 Å². The quantitative estimate of drug-likeness (QED) is 0.119. The molecule has 2 aliphatic rings. The van der Waals surface area contributed by atoms with Crippen molar-refractivity contribution >= 4 is 45.0 Å². The molecule has 2 aliphatic heterocycles. The van der Waals surface area contributed by atoms with Gasteiger partial charge in [-0.25, -0.2) is 14.6 Å². The van der Waals surface area contributed by atoms with Crippen LogP contribution in [-0.2, 0) is 14.2 Å². The van der Waals surface area contributed by atoms with Crippen LogP contribution in [0.3, 0.4) is 0 Å². The number of aliphatic hydroxyl groups excluding tert-OH is 3. The molecule has 2 saturated heterocycles. The zero-order valence-corrected chi connectivity index (χ0v) is 30.8. The molecule has 6 heterocycles. The number of aromatic nitrogens is 6. The summed E-state index contributed by atoms with van der Waals surface area (Å²) >= 11 is 6.24. The number of nitrogens with one attached hydrogen (secondary N) is 1. The van der Waals surface area contributed by atoms with Gasteiger partial charge < -0.3 is 45.7 Å². The summed E-state index contributed by atoms with van der Waals surface area (Å²) in [5.41, 5.74) is 16.9. The van der Waals surface area contributed by atoms with Gasteiger partial charge in [0.25, 0.3) is 0 Å². The van der Waals surface area contributed by atoms with Gasteiger partial charge in [-0.05, 0) is 69.5 Å². The van der Waals surface area contributed by atoms with Crippen molar-refractivity contribution in [3.8, 4) is 28.3 Å². The molecule has 6 aromatic rings. The first-order valence-corrected chi connectivity index (χ1v) is 18.0. The van der Waals surface area contributed by atoms with Crippen LogP contribution in [0.1, 0.15) is 39.3 Å². The Kier molecular flexibility index (Phi) is 12.6. The number of hydrogen-bond donors (Lipinski definition) is 6. The molecule has 1 unspecified atom stereocenters. The van der Waals surface area contributed by atoms with E-state index in [1.807, 2.05) is 67.1 Å². The standard InChI is InChI=1S/C17H17ClN4O.C15H16N4O3.C6H12O3/c18-13-10-16(19)21-14-9-11(4-5-12(13)14)15-6-7-20-22(15)17-3-1-2-8-23-17;16-15-6-14(22-8-10(21)7-20)11-2-1-9(5-13(11)18-15)12-3-4-17-19-12;1-6(2)8-4-5(3-7)9-6/h4-7,9-10,17H,1-3,8H2,(H2,19,21);1-6,10,20-21H,7-8H2,(H2,16,18)(H,17,19);5,7H,3-4H2,1-2H3/t;10-;5-/m.01/s1. The number of hydrogen-bond acceptors (Lipinski definition) is 13. The van der Waals surface area contributed by atoms with Gasteiger partial charge in [0.05, 0.1) is 47.3 Å². The van der Waals surface area contributed by atoms with Crippen LogP contribution in [-0.4, -0.2) is 96.3 Å². The van der Waals surface area contributed by atoms with Gasteiger partial charge in [0.2, 0.25) is 0 Å². The third kappa shape index (κ3) is 9.62. The fourth-order valence-electron chi connectivity index (χ4n) is 6.06. The summed E-state index contributed by atoms with van der Waals surface area (Å²) in [6, 6.07) is 18.8. The van der Waals surface area contributed by atoms with Crippen molar-refractivity contribution in [1.29, 1.82) is 0 Å². The predicted molar refractivity (Wildman–Crippen MR) is 206 cm³/mol. The summed E-state index contributed by atoms with van der Waals surface area (Å²) < 4.78 is 23.7. The van der Waals surface area contributed by atoms with Crippen molar-refractivity contribution in [2.24, 2.45) is 0 Å². The molecular formula is C38H45ClN8O7. The Balaban J connectivity index is 0.000000151. The van der Waals surface area contributed by atoms with Gasteiger partial charge in [0, 0.05) is 47.0 Å². The van der Waals surface area contributed by atoms with E-state index < -0.39 is 11.9 Å². The predicted octanol–water partition coefficient (Wildman–Crippen LogP) is 5.10. The van der Waals surface area contributed by atoms with E-state index >= 15 is 0 Å². The number of ether oxygens (including phenoxy) is 4. The first-order chi connectivity index (χ1) is 26.0. The molecule has 8 rings (SSSR count). The molecule has 0 bridgehead atoms. The summed E-state index contributed by atoms with van der Waals surface area (Å²) in [5.74, 6) is 0.769. The van der Waals surface area contributed by atoms with Crippen molar-refractivity contribution in [2.75, 3.05) is 44.5 Å². The third-order valence-electron chi connectivity index (χ3n) is 8.69. The highest BCUT2D eigenvalue weighted by Crippen LogP contribution is 2.33. The Labute approximate surface area is 316 Å². The van der Waals surface area contributed by atoms with Crippen LogP contribution in [0.2, 0.25) is 5.02 Å². The third-order valence-corrected chi connectivity index (χ3v) is 9.00. The van der Waals surface area contributed by atoms with Crippen LogP contribution in [0.15, 0.2) is 73.1 Å². The molecule has 0 amide bonds. The SMILES string of the molecule is CC1(C)OC[C@@H](CO)O1.Nc1cc(Cl)c2ccc(-c3ccnn3C3CCCCO3)cc2n1.Nc1cc(OC[C@@H](O)CO)c2ccc(-c3ccn[nH]3)cc2n1. The number of anilines is 2. The number of H-pyrrole nitrogens is 1. The molecule has 0 radical (unpaired) electrons. The van der Waals surface area contributed by atoms with E-state index in [0.717, 1.165) is 64.7 Å². The number of fused-ring (bicyclic) bond motifs is 2. The van der Waals surface area contributed by atoms with Crippen LogP contribution >= 0.6 is 11.6 Å². The zero-order valence-electron chi connectivity index (χ0n) is 30.1. The molecule has 16 heteroatoms. The topological polar surface area (TPSA) is 222 Å². The van der Waals surface area contributed by atoms with Crippen molar-refractivity contribution < 1.29 is 34.3 Å². The van der Waals surface area contributed by atoms with Gasteiger partial charge in [-0.2, -0.15) is 10.2 Å². The summed E-state index contributed by atoms with van der Waals surface area (Å²) in [6.07, 6.45) is 5.68. The Morgan fingerprint density at radius 2 is 1.70 bits per heavy atom. The van der Waals surface area contributed by atoms with Gasteiger partial charge in [-0.3, -0.25) is 5.10 Å². The summed E-state index contributed by atoms with van der Waals surface area (Å²) in [4.78, 5) is 8.69. The average molecular weight is 761 g/mol. The second-order valence-electron chi connectivity index (χ2n) is 13.3. The highest BCUT2D eigenvalue weighted by atomic mass is 35.5. The lowest BCUT2D eigenvalue weighted by atomic mass is 10.1. The minimum Gasteiger partial charge on any atom is -0.490 e. The maximum atomic E-state index is 9.40. The normalized spacial score (nSPS) is 18.4. The van der Waals surface area contributed by atoms with Crippen LogP contribution in [0.25, 0.3) is 44.3 Å². The molecule has 0 saturated carbocycles. The Morgan fingerprint density at radius 1 is 0.963 bits per heavy atom. The van der Waals surface area contributed by atoms with Crippen molar-refractivity contribution in [3.05, 3.63) is 78.1 Å². The number of benzene rings is 2. The van der Waals surface area contributed by atoms with E-state index in [1.54, 1.807) is 24.5 Å². The molecule has 8 N–H and O–H groups in total. The van der Waals surface area contributed by atoms with E-state index in [9.17, 15) is 5.11 Å². The van der Waals surface area contributed by atoms with Crippen molar-refractivity contribution in [3.63, 3.8) is 0 Å². The number of rotatable bonds is 8. The lowest BCUT2D eigenvalue weighted by Crippen LogP contribution is -2.22. The van der Waals surface area contributed by atoms with E-state index in [1.165, 1.54) is 0 Å². The number of aromatic amines is 1. The Hall–Kier alpha value is -4.87. The number of aliphatic hydroxyl groups is 3. The smallest absolute Gasteiger partial charge is 0.163 e. The molecule has 286 valence electrons.